The van der Waals surface area contributed by atoms with Crippen molar-refractivity contribution in [3.63, 3.8) is 0 Å². The first kappa shape index (κ1) is 24.2. The molecule has 0 saturated carbocycles. The maximum atomic E-state index is 12.6. The number of likely N-dealkylation sites (tertiary alicyclic amines) is 1. The number of carbonyl (C=O) groups is 2. The number of piperidine rings is 1. The topological polar surface area (TPSA) is 124 Å². The van der Waals surface area contributed by atoms with E-state index < -0.39 is 0 Å². The molecule has 0 radical (unpaired) electrons. The molecule has 0 unspecified atom stereocenters. The van der Waals surface area contributed by atoms with Gasteiger partial charge in [0.25, 0.3) is 5.56 Å². The number of esters is 1. The third-order valence-electron chi connectivity index (χ3n) is 5.54. The molecule has 178 valence electrons. The predicted octanol–water partition coefficient (Wildman–Crippen LogP) is 1.97. The van der Waals surface area contributed by atoms with E-state index in [1.807, 2.05) is 6.92 Å². The highest BCUT2D eigenvalue weighted by atomic mass is 16.5. The van der Waals surface area contributed by atoms with Crippen molar-refractivity contribution in [1.82, 2.24) is 20.1 Å². The Hall–Kier alpha value is -3.43. The molecule has 1 fully saturated rings. The normalized spacial score (nSPS) is 14.1. The molecule has 0 bridgehead atoms. The van der Waals surface area contributed by atoms with Gasteiger partial charge in [0.15, 0.2) is 17.3 Å². The third kappa shape index (κ3) is 6.09. The Labute approximate surface area is 192 Å². The molecule has 33 heavy (non-hydrogen) atoms. The molecule has 1 amide bonds. The molecule has 1 aliphatic rings. The first-order valence-corrected chi connectivity index (χ1v) is 11.2. The van der Waals surface area contributed by atoms with Crippen LogP contribution in [0.2, 0.25) is 0 Å². The molecule has 0 spiro atoms. The van der Waals surface area contributed by atoms with Crippen LogP contribution in [0.15, 0.2) is 23.0 Å². The summed E-state index contributed by atoms with van der Waals surface area (Å²) in [5.41, 5.74) is 0.445. The number of aromatic nitrogens is 3. The van der Waals surface area contributed by atoms with Crippen LogP contribution < -0.4 is 15.0 Å². The molecule has 1 aromatic carbocycles. The highest BCUT2D eigenvalue weighted by Gasteiger charge is 2.28. The Kier molecular flexibility index (Phi) is 8.39. The molecule has 1 saturated heterocycles. The van der Waals surface area contributed by atoms with Gasteiger partial charge in [-0.15, -0.1) is 10.2 Å². The highest BCUT2D eigenvalue weighted by molar-refractivity contribution is 5.77. The number of carbonyl (C=O) groups excluding carboxylic acids is 2. The minimum absolute atomic E-state index is 0.0705. The molecule has 1 aliphatic heterocycles. The van der Waals surface area contributed by atoms with Gasteiger partial charge in [0.05, 0.1) is 26.2 Å². The minimum Gasteiger partial charge on any atom is -0.493 e. The van der Waals surface area contributed by atoms with E-state index in [4.69, 9.17) is 14.2 Å². The second-order valence-electron chi connectivity index (χ2n) is 7.66. The van der Waals surface area contributed by atoms with Gasteiger partial charge in [-0.2, -0.15) is 0 Å². The quantitative estimate of drug-likeness (QED) is 0.566. The summed E-state index contributed by atoms with van der Waals surface area (Å²) < 4.78 is 15.9. The minimum atomic E-state index is -0.387. The van der Waals surface area contributed by atoms with E-state index in [0.29, 0.717) is 62.0 Å². The van der Waals surface area contributed by atoms with Crippen LogP contribution in [0.5, 0.6) is 11.5 Å². The largest absolute Gasteiger partial charge is 0.493 e. The molecular formula is C23H30N4O6. The summed E-state index contributed by atoms with van der Waals surface area (Å²) in [5.74, 6) is 1.00. The molecule has 10 nitrogen and oxygen atoms in total. The molecule has 2 heterocycles. The zero-order valence-electron chi connectivity index (χ0n) is 19.3. The molecule has 1 N–H and O–H groups in total. The van der Waals surface area contributed by atoms with Crippen molar-refractivity contribution in [2.45, 2.75) is 39.5 Å². The lowest BCUT2D eigenvalue weighted by Gasteiger charge is -2.30. The Morgan fingerprint density at radius 3 is 2.52 bits per heavy atom. The maximum Gasteiger partial charge on any atom is 0.309 e. The number of hydrogen-bond acceptors (Lipinski definition) is 8. The lowest BCUT2D eigenvalue weighted by Crippen LogP contribution is -2.40. The van der Waals surface area contributed by atoms with E-state index in [9.17, 15) is 14.4 Å². The first-order valence-electron chi connectivity index (χ1n) is 11.2. The van der Waals surface area contributed by atoms with Crippen LogP contribution in [0.25, 0.3) is 11.4 Å². The SMILES string of the molecule is CCOC(=O)C1CCN(C(=O)CCc2nnc(-c3ccc(OCC)c(OC)c3)[nH]c2=O)CC1. The van der Waals surface area contributed by atoms with E-state index in [1.165, 1.54) is 7.11 Å². The zero-order valence-corrected chi connectivity index (χ0v) is 19.3. The zero-order chi connectivity index (χ0) is 23.8. The molecule has 0 atom stereocenters. The van der Waals surface area contributed by atoms with Gasteiger partial charge in [0.2, 0.25) is 5.91 Å². The lowest BCUT2D eigenvalue weighted by molar-refractivity contribution is -0.151. The van der Waals surface area contributed by atoms with Crippen LogP contribution in [-0.4, -0.2) is 65.4 Å². The van der Waals surface area contributed by atoms with Crippen molar-refractivity contribution in [3.8, 4) is 22.9 Å². The van der Waals surface area contributed by atoms with E-state index in [0.717, 1.165) is 0 Å². The number of nitrogens with zero attached hydrogens (tertiary/aromatic N) is 3. The molecule has 0 aliphatic carbocycles. The molecule has 2 aromatic rings. The summed E-state index contributed by atoms with van der Waals surface area (Å²) in [6.07, 6.45) is 1.51. The van der Waals surface area contributed by atoms with Crippen LogP contribution >= 0.6 is 0 Å². The summed E-state index contributed by atoms with van der Waals surface area (Å²) in [6, 6.07) is 5.22. The number of ether oxygens (including phenoxy) is 3. The monoisotopic (exact) mass is 458 g/mol. The Morgan fingerprint density at radius 1 is 1.12 bits per heavy atom. The highest BCUT2D eigenvalue weighted by Crippen LogP contribution is 2.31. The standard InChI is InChI=1S/C23H30N4O6/c1-4-32-18-8-6-16(14-19(18)31-3)21-24-22(29)17(25-26-21)7-9-20(28)27-12-10-15(11-13-27)23(30)33-5-2/h6,8,14-15H,4-5,7,9-13H2,1-3H3,(H,24,26,29). The molecule has 10 heteroatoms. The van der Waals surface area contributed by atoms with Gasteiger partial charge in [-0.25, -0.2) is 0 Å². The smallest absolute Gasteiger partial charge is 0.309 e. The van der Waals surface area contributed by atoms with E-state index >= 15 is 0 Å². The number of hydrogen-bond donors (Lipinski definition) is 1. The van der Waals surface area contributed by atoms with E-state index in [2.05, 4.69) is 15.2 Å². The molecular weight excluding hydrogens is 428 g/mol. The lowest BCUT2D eigenvalue weighted by atomic mass is 9.96. The number of aromatic amines is 1. The Bertz CT molecular complexity index is 1030. The van der Waals surface area contributed by atoms with Crippen LogP contribution in [0, 0.1) is 5.92 Å². The summed E-state index contributed by atoms with van der Waals surface area (Å²) >= 11 is 0. The van der Waals surface area contributed by atoms with Gasteiger partial charge in [-0.05, 0) is 44.9 Å². The second-order valence-corrected chi connectivity index (χ2v) is 7.66. The summed E-state index contributed by atoms with van der Waals surface area (Å²) in [4.78, 5) is 41.4. The van der Waals surface area contributed by atoms with Gasteiger partial charge in [0, 0.05) is 31.5 Å². The van der Waals surface area contributed by atoms with E-state index in [1.54, 1.807) is 30.0 Å². The van der Waals surface area contributed by atoms with Crippen LogP contribution in [0.3, 0.4) is 0 Å². The number of amides is 1. The van der Waals surface area contributed by atoms with Gasteiger partial charge in [-0.1, -0.05) is 0 Å². The fourth-order valence-corrected chi connectivity index (χ4v) is 3.75. The fourth-order valence-electron chi connectivity index (χ4n) is 3.75. The van der Waals surface area contributed by atoms with Crippen molar-refractivity contribution in [2.24, 2.45) is 5.92 Å². The fraction of sp³-hybridized carbons (Fsp3) is 0.522. The number of H-pyrrole nitrogens is 1. The number of benzene rings is 1. The number of rotatable bonds is 9. The Balaban J connectivity index is 1.58. The van der Waals surface area contributed by atoms with Crippen molar-refractivity contribution in [3.05, 3.63) is 34.2 Å². The van der Waals surface area contributed by atoms with Gasteiger partial charge >= 0.3 is 5.97 Å². The van der Waals surface area contributed by atoms with Crippen molar-refractivity contribution >= 4 is 11.9 Å². The van der Waals surface area contributed by atoms with Gasteiger partial charge in [0.1, 0.15) is 5.69 Å². The number of nitrogens with one attached hydrogen (secondary N) is 1. The van der Waals surface area contributed by atoms with Crippen molar-refractivity contribution < 1.29 is 23.8 Å². The predicted molar refractivity (Wildman–Crippen MR) is 120 cm³/mol. The van der Waals surface area contributed by atoms with Gasteiger partial charge < -0.3 is 24.1 Å². The van der Waals surface area contributed by atoms with Crippen molar-refractivity contribution in [2.75, 3.05) is 33.4 Å². The Morgan fingerprint density at radius 2 is 1.88 bits per heavy atom. The second kappa shape index (κ2) is 11.4. The van der Waals surface area contributed by atoms with Crippen molar-refractivity contribution in [1.29, 1.82) is 0 Å². The maximum absolute atomic E-state index is 12.6. The third-order valence-corrected chi connectivity index (χ3v) is 5.54. The van der Waals surface area contributed by atoms with Crippen LogP contribution in [-0.2, 0) is 20.7 Å². The van der Waals surface area contributed by atoms with Crippen LogP contribution in [0.4, 0.5) is 0 Å². The number of methoxy groups -OCH3 is 1. The first-order chi connectivity index (χ1) is 16.0. The summed E-state index contributed by atoms with van der Waals surface area (Å²) in [7, 11) is 1.54. The average molecular weight is 459 g/mol. The molecule has 3 rings (SSSR count). The van der Waals surface area contributed by atoms with E-state index in [-0.39, 0.29) is 41.9 Å². The summed E-state index contributed by atoms with van der Waals surface area (Å²) in [6.45, 7) is 5.53. The number of aryl methyl sites for hydroxylation is 1. The molecule has 1 aromatic heterocycles. The average Bonchev–Trinajstić information content (AvgIpc) is 2.83. The summed E-state index contributed by atoms with van der Waals surface area (Å²) in [5, 5.41) is 8.16. The van der Waals surface area contributed by atoms with Gasteiger partial charge in [-0.3, -0.25) is 14.4 Å². The van der Waals surface area contributed by atoms with Crippen LogP contribution in [0.1, 0.15) is 38.8 Å².